The summed E-state index contributed by atoms with van der Waals surface area (Å²) in [6, 6.07) is 8.40. The molecule has 0 aliphatic heterocycles. The zero-order valence-electron chi connectivity index (χ0n) is 11.6. The minimum absolute atomic E-state index is 0.425. The van der Waals surface area contributed by atoms with E-state index in [1.54, 1.807) is 6.92 Å². The molecule has 2 heteroatoms. The van der Waals surface area contributed by atoms with Crippen molar-refractivity contribution in [1.82, 2.24) is 4.57 Å². The van der Waals surface area contributed by atoms with Gasteiger partial charge in [0.2, 0.25) is 0 Å². The number of aromatic nitrogens is 1. The van der Waals surface area contributed by atoms with E-state index in [1.807, 2.05) is 18.3 Å². The summed E-state index contributed by atoms with van der Waals surface area (Å²) in [7, 11) is 0. The van der Waals surface area contributed by atoms with Crippen molar-refractivity contribution in [2.45, 2.75) is 40.3 Å². The first-order chi connectivity index (χ1) is 8.49. The molecule has 1 aromatic heterocycles. The average molecular weight is 243 g/mol. The van der Waals surface area contributed by atoms with Crippen LogP contribution in [0.1, 0.15) is 41.0 Å². The molecule has 1 aromatic carbocycles. The molecule has 0 aliphatic carbocycles. The first kappa shape index (κ1) is 12.9. The Morgan fingerprint density at radius 1 is 1.17 bits per heavy atom. The van der Waals surface area contributed by atoms with Crippen LogP contribution in [0.25, 0.3) is 0 Å². The van der Waals surface area contributed by atoms with Crippen molar-refractivity contribution < 1.29 is 5.11 Å². The predicted molar refractivity (Wildman–Crippen MR) is 74.8 cm³/mol. The van der Waals surface area contributed by atoms with Crippen LogP contribution in [0.5, 0.6) is 0 Å². The number of aliphatic hydroxyl groups excluding tert-OH is 1. The van der Waals surface area contributed by atoms with E-state index in [1.165, 1.54) is 22.3 Å². The molecule has 2 rings (SSSR count). The van der Waals surface area contributed by atoms with Crippen LogP contribution < -0.4 is 0 Å². The SMILES string of the molecule is Cc1cc(C)c(Cn2cccc2C(C)O)c(C)c1. The summed E-state index contributed by atoms with van der Waals surface area (Å²) in [5.74, 6) is 0. The topological polar surface area (TPSA) is 25.2 Å². The predicted octanol–water partition coefficient (Wildman–Crippen LogP) is 3.51. The van der Waals surface area contributed by atoms with Crippen LogP contribution >= 0.6 is 0 Å². The lowest BCUT2D eigenvalue weighted by atomic mass is 10.00. The normalized spacial score (nSPS) is 12.7. The summed E-state index contributed by atoms with van der Waals surface area (Å²) in [4.78, 5) is 0. The third-order valence-electron chi connectivity index (χ3n) is 3.46. The standard InChI is InChI=1S/C16H21NO/c1-11-8-12(2)15(13(3)9-11)10-17-7-5-6-16(17)14(4)18/h5-9,14,18H,10H2,1-4H3. The van der Waals surface area contributed by atoms with Gasteiger partial charge in [-0.1, -0.05) is 17.7 Å². The van der Waals surface area contributed by atoms with Crippen molar-refractivity contribution >= 4 is 0 Å². The Balaban J connectivity index is 2.37. The van der Waals surface area contributed by atoms with Gasteiger partial charge in [0.25, 0.3) is 0 Å². The van der Waals surface area contributed by atoms with E-state index in [9.17, 15) is 5.11 Å². The smallest absolute Gasteiger partial charge is 0.0911 e. The Bertz CT molecular complexity index is 529. The lowest BCUT2D eigenvalue weighted by molar-refractivity contribution is 0.190. The largest absolute Gasteiger partial charge is 0.387 e. The molecule has 0 fully saturated rings. The fourth-order valence-corrected chi connectivity index (χ4v) is 2.58. The molecule has 1 unspecified atom stereocenters. The van der Waals surface area contributed by atoms with Crippen molar-refractivity contribution in [2.24, 2.45) is 0 Å². The maximum absolute atomic E-state index is 9.73. The molecule has 1 N–H and O–H groups in total. The molecule has 1 atom stereocenters. The van der Waals surface area contributed by atoms with Crippen LogP contribution in [0.2, 0.25) is 0 Å². The second-order valence-electron chi connectivity index (χ2n) is 5.11. The van der Waals surface area contributed by atoms with Crippen LogP contribution in [-0.4, -0.2) is 9.67 Å². The van der Waals surface area contributed by atoms with Gasteiger partial charge < -0.3 is 9.67 Å². The van der Waals surface area contributed by atoms with Crippen LogP contribution in [0.15, 0.2) is 30.5 Å². The number of rotatable bonds is 3. The van der Waals surface area contributed by atoms with Crippen LogP contribution in [-0.2, 0) is 6.54 Å². The fourth-order valence-electron chi connectivity index (χ4n) is 2.58. The lowest BCUT2D eigenvalue weighted by Crippen LogP contribution is -2.08. The second-order valence-corrected chi connectivity index (χ2v) is 5.11. The van der Waals surface area contributed by atoms with Gasteiger partial charge in [-0.05, 0) is 56.5 Å². The molecular weight excluding hydrogens is 222 g/mol. The Hall–Kier alpha value is -1.54. The highest BCUT2D eigenvalue weighted by Crippen LogP contribution is 2.20. The maximum atomic E-state index is 9.73. The third-order valence-corrected chi connectivity index (χ3v) is 3.46. The first-order valence-corrected chi connectivity index (χ1v) is 6.39. The fraction of sp³-hybridized carbons (Fsp3) is 0.375. The molecule has 0 amide bonds. The van der Waals surface area contributed by atoms with Crippen molar-refractivity contribution in [3.8, 4) is 0 Å². The summed E-state index contributed by atoms with van der Waals surface area (Å²) in [5, 5.41) is 9.73. The highest BCUT2D eigenvalue weighted by molar-refractivity contribution is 5.38. The minimum Gasteiger partial charge on any atom is -0.387 e. The zero-order valence-corrected chi connectivity index (χ0v) is 11.6. The Morgan fingerprint density at radius 2 is 1.78 bits per heavy atom. The van der Waals surface area contributed by atoms with Crippen molar-refractivity contribution in [1.29, 1.82) is 0 Å². The first-order valence-electron chi connectivity index (χ1n) is 6.39. The number of aryl methyl sites for hydroxylation is 3. The number of aliphatic hydroxyl groups is 1. The molecule has 2 aromatic rings. The molecule has 1 heterocycles. The molecule has 96 valence electrons. The van der Waals surface area contributed by atoms with E-state index in [-0.39, 0.29) is 0 Å². The van der Waals surface area contributed by atoms with Crippen molar-refractivity contribution in [3.05, 3.63) is 58.4 Å². The summed E-state index contributed by atoms with van der Waals surface area (Å²) in [6.45, 7) is 9.06. The molecule has 0 bridgehead atoms. The molecule has 0 saturated heterocycles. The summed E-state index contributed by atoms with van der Waals surface area (Å²) in [6.07, 6.45) is 1.60. The Morgan fingerprint density at radius 3 is 2.33 bits per heavy atom. The Labute approximate surface area is 109 Å². The highest BCUT2D eigenvalue weighted by Gasteiger charge is 2.10. The van der Waals surface area contributed by atoms with Gasteiger partial charge in [0.1, 0.15) is 0 Å². The summed E-state index contributed by atoms with van der Waals surface area (Å²) < 4.78 is 2.12. The van der Waals surface area contributed by atoms with Gasteiger partial charge in [0.15, 0.2) is 0 Å². The van der Waals surface area contributed by atoms with E-state index in [4.69, 9.17) is 0 Å². The number of nitrogens with zero attached hydrogens (tertiary/aromatic N) is 1. The number of benzene rings is 1. The quantitative estimate of drug-likeness (QED) is 0.876. The third kappa shape index (κ3) is 2.49. The minimum atomic E-state index is -0.425. The average Bonchev–Trinajstić information content (AvgIpc) is 2.71. The van der Waals surface area contributed by atoms with Crippen LogP contribution in [0.3, 0.4) is 0 Å². The van der Waals surface area contributed by atoms with E-state index in [0.29, 0.717) is 0 Å². The van der Waals surface area contributed by atoms with E-state index in [0.717, 1.165) is 12.2 Å². The highest BCUT2D eigenvalue weighted by atomic mass is 16.3. The van der Waals surface area contributed by atoms with Gasteiger partial charge in [-0.15, -0.1) is 0 Å². The van der Waals surface area contributed by atoms with Gasteiger partial charge in [-0.25, -0.2) is 0 Å². The van der Waals surface area contributed by atoms with E-state index < -0.39 is 6.10 Å². The second kappa shape index (κ2) is 4.99. The molecular formula is C16H21NO. The van der Waals surface area contributed by atoms with Crippen molar-refractivity contribution in [3.63, 3.8) is 0 Å². The maximum Gasteiger partial charge on any atom is 0.0911 e. The van der Waals surface area contributed by atoms with Gasteiger partial charge >= 0.3 is 0 Å². The van der Waals surface area contributed by atoms with Gasteiger partial charge in [0, 0.05) is 18.4 Å². The number of hydrogen-bond donors (Lipinski definition) is 1. The lowest BCUT2D eigenvalue weighted by Gasteiger charge is -2.16. The van der Waals surface area contributed by atoms with Crippen LogP contribution in [0, 0.1) is 20.8 Å². The molecule has 0 spiro atoms. The van der Waals surface area contributed by atoms with Crippen LogP contribution in [0.4, 0.5) is 0 Å². The van der Waals surface area contributed by atoms with E-state index in [2.05, 4.69) is 37.5 Å². The Kier molecular flexibility index (Phi) is 3.58. The van der Waals surface area contributed by atoms with Crippen molar-refractivity contribution in [2.75, 3.05) is 0 Å². The zero-order chi connectivity index (χ0) is 13.3. The summed E-state index contributed by atoms with van der Waals surface area (Å²) >= 11 is 0. The molecule has 0 aliphatic rings. The molecule has 0 radical (unpaired) electrons. The number of hydrogen-bond acceptors (Lipinski definition) is 1. The van der Waals surface area contributed by atoms with Gasteiger partial charge in [-0.2, -0.15) is 0 Å². The molecule has 0 saturated carbocycles. The van der Waals surface area contributed by atoms with Gasteiger partial charge in [-0.3, -0.25) is 0 Å². The molecule has 18 heavy (non-hydrogen) atoms. The summed E-state index contributed by atoms with van der Waals surface area (Å²) in [5.41, 5.74) is 6.25. The molecule has 2 nitrogen and oxygen atoms in total. The van der Waals surface area contributed by atoms with E-state index >= 15 is 0 Å². The monoisotopic (exact) mass is 243 g/mol. The van der Waals surface area contributed by atoms with Gasteiger partial charge in [0.05, 0.1) is 6.10 Å².